The van der Waals surface area contributed by atoms with Crippen molar-refractivity contribution in [1.29, 1.82) is 0 Å². The predicted octanol–water partition coefficient (Wildman–Crippen LogP) is 3.06. The van der Waals surface area contributed by atoms with Gasteiger partial charge in [0.2, 0.25) is 0 Å². The first-order valence-corrected chi connectivity index (χ1v) is 6.49. The van der Waals surface area contributed by atoms with Gasteiger partial charge in [-0.3, -0.25) is 4.79 Å². The standard InChI is InChI=1S/C17H15NO2/c1-20-15-9-5-8-14-10-11-18(17(19)16(14)15)12-13-6-3-2-4-7-13/h2-11H,12H2,1H3. The fourth-order valence-corrected chi connectivity index (χ4v) is 2.37. The third-order valence-corrected chi connectivity index (χ3v) is 3.38. The lowest BCUT2D eigenvalue weighted by Crippen LogP contribution is -2.20. The summed E-state index contributed by atoms with van der Waals surface area (Å²) in [5.41, 5.74) is 1.08. The summed E-state index contributed by atoms with van der Waals surface area (Å²) in [4.78, 5) is 12.6. The van der Waals surface area contributed by atoms with Crippen LogP contribution in [0, 0.1) is 0 Å². The van der Waals surface area contributed by atoms with E-state index in [1.807, 2.05) is 60.8 Å². The normalized spacial score (nSPS) is 10.7. The van der Waals surface area contributed by atoms with Gasteiger partial charge in [-0.1, -0.05) is 42.5 Å². The molecular weight excluding hydrogens is 250 g/mol. The van der Waals surface area contributed by atoms with E-state index in [0.29, 0.717) is 17.7 Å². The van der Waals surface area contributed by atoms with E-state index in [9.17, 15) is 4.79 Å². The molecule has 0 fully saturated rings. The second-order valence-corrected chi connectivity index (χ2v) is 4.66. The van der Waals surface area contributed by atoms with E-state index in [4.69, 9.17) is 4.74 Å². The van der Waals surface area contributed by atoms with Crippen molar-refractivity contribution in [3.63, 3.8) is 0 Å². The van der Waals surface area contributed by atoms with Crippen LogP contribution in [0.2, 0.25) is 0 Å². The average molecular weight is 265 g/mol. The van der Waals surface area contributed by atoms with Crippen molar-refractivity contribution in [2.24, 2.45) is 0 Å². The van der Waals surface area contributed by atoms with E-state index in [1.54, 1.807) is 11.7 Å². The number of hydrogen-bond donors (Lipinski definition) is 0. The summed E-state index contributed by atoms with van der Waals surface area (Å²) < 4.78 is 7.01. The molecule has 2 aromatic carbocycles. The number of nitrogens with zero attached hydrogens (tertiary/aromatic N) is 1. The van der Waals surface area contributed by atoms with Crippen molar-refractivity contribution in [2.75, 3.05) is 7.11 Å². The number of pyridine rings is 1. The smallest absolute Gasteiger partial charge is 0.262 e. The van der Waals surface area contributed by atoms with Gasteiger partial charge in [-0.2, -0.15) is 0 Å². The summed E-state index contributed by atoms with van der Waals surface area (Å²) in [7, 11) is 1.59. The minimum absolute atomic E-state index is 0.0243. The number of methoxy groups -OCH3 is 1. The Morgan fingerprint density at radius 3 is 2.55 bits per heavy atom. The van der Waals surface area contributed by atoms with Gasteiger partial charge in [0, 0.05) is 6.20 Å². The number of ether oxygens (including phenoxy) is 1. The van der Waals surface area contributed by atoms with Crippen LogP contribution in [-0.2, 0) is 6.54 Å². The molecule has 0 aliphatic heterocycles. The zero-order chi connectivity index (χ0) is 13.9. The molecule has 0 unspecified atom stereocenters. The quantitative estimate of drug-likeness (QED) is 0.728. The summed E-state index contributed by atoms with van der Waals surface area (Å²) in [5.74, 6) is 0.620. The van der Waals surface area contributed by atoms with Gasteiger partial charge in [0.25, 0.3) is 5.56 Å². The van der Waals surface area contributed by atoms with Crippen LogP contribution >= 0.6 is 0 Å². The minimum Gasteiger partial charge on any atom is -0.496 e. The van der Waals surface area contributed by atoms with Crippen LogP contribution < -0.4 is 10.3 Å². The Balaban J connectivity index is 2.14. The molecule has 0 amide bonds. The molecule has 0 radical (unpaired) electrons. The van der Waals surface area contributed by atoms with E-state index >= 15 is 0 Å². The van der Waals surface area contributed by atoms with Crippen LogP contribution in [0.5, 0.6) is 5.75 Å². The molecule has 3 nitrogen and oxygen atoms in total. The molecule has 0 aliphatic carbocycles. The average Bonchev–Trinajstić information content (AvgIpc) is 2.50. The maximum atomic E-state index is 12.6. The molecule has 3 aromatic rings. The highest BCUT2D eigenvalue weighted by Crippen LogP contribution is 2.21. The Morgan fingerprint density at radius 1 is 1.00 bits per heavy atom. The molecule has 0 saturated carbocycles. The molecule has 3 rings (SSSR count). The number of rotatable bonds is 3. The van der Waals surface area contributed by atoms with Crippen molar-refractivity contribution >= 4 is 10.8 Å². The summed E-state index contributed by atoms with van der Waals surface area (Å²) in [5, 5.41) is 1.53. The zero-order valence-corrected chi connectivity index (χ0v) is 11.2. The van der Waals surface area contributed by atoms with Gasteiger partial charge in [0.05, 0.1) is 19.0 Å². The summed E-state index contributed by atoms with van der Waals surface area (Å²) >= 11 is 0. The number of hydrogen-bond acceptors (Lipinski definition) is 2. The predicted molar refractivity (Wildman–Crippen MR) is 80.3 cm³/mol. The summed E-state index contributed by atoms with van der Waals surface area (Å²) in [6.07, 6.45) is 1.83. The Bertz CT molecular complexity index is 791. The molecule has 3 heteroatoms. The topological polar surface area (TPSA) is 31.2 Å². The van der Waals surface area contributed by atoms with Gasteiger partial charge in [-0.25, -0.2) is 0 Å². The Kier molecular flexibility index (Phi) is 3.25. The summed E-state index contributed by atoms with van der Waals surface area (Å²) in [6.45, 7) is 0.563. The number of aromatic nitrogens is 1. The van der Waals surface area contributed by atoms with E-state index < -0.39 is 0 Å². The lowest BCUT2D eigenvalue weighted by Gasteiger charge is -2.09. The largest absolute Gasteiger partial charge is 0.496 e. The molecular formula is C17H15NO2. The maximum absolute atomic E-state index is 12.6. The van der Waals surface area contributed by atoms with E-state index in [-0.39, 0.29) is 5.56 Å². The highest BCUT2D eigenvalue weighted by molar-refractivity contribution is 5.87. The molecule has 0 bridgehead atoms. The van der Waals surface area contributed by atoms with E-state index in [2.05, 4.69) is 0 Å². The first-order valence-electron chi connectivity index (χ1n) is 6.49. The first-order chi connectivity index (χ1) is 9.79. The molecule has 1 heterocycles. The minimum atomic E-state index is -0.0243. The fourth-order valence-electron chi connectivity index (χ4n) is 2.37. The fraction of sp³-hybridized carbons (Fsp3) is 0.118. The SMILES string of the molecule is COc1cccc2ccn(Cc3ccccc3)c(=O)c12. The Morgan fingerprint density at radius 2 is 1.80 bits per heavy atom. The molecule has 0 saturated heterocycles. The highest BCUT2D eigenvalue weighted by atomic mass is 16.5. The van der Waals surface area contributed by atoms with Crippen molar-refractivity contribution in [3.8, 4) is 5.75 Å². The van der Waals surface area contributed by atoms with Gasteiger partial charge < -0.3 is 9.30 Å². The molecule has 0 atom stereocenters. The van der Waals surface area contributed by atoms with Crippen LogP contribution in [0.1, 0.15) is 5.56 Å². The highest BCUT2D eigenvalue weighted by Gasteiger charge is 2.08. The van der Waals surface area contributed by atoms with Gasteiger partial charge in [0.15, 0.2) is 0 Å². The zero-order valence-electron chi connectivity index (χ0n) is 11.2. The molecule has 0 N–H and O–H groups in total. The van der Waals surface area contributed by atoms with Gasteiger partial charge in [-0.05, 0) is 23.1 Å². The Hall–Kier alpha value is -2.55. The van der Waals surface area contributed by atoms with Crippen LogP contribution in [0.3, 0.4) is 0 Å². The van der Waals surface area contributed by atoms with Crippen molar-refractivity contribution in [1.82, 2.24) is 4.57 Å². The van der Waals surface area contributed by atoms with Gasteiger partial charge >= 0.3 is 0 Å². The van der Waals surface area contributed by atoms with Crippen molar-refractivity contribution in [2.45, 2.75) is 6.54 Å². The number of fused-ring (bicyclic) bond motifs is 1. The first kappa shape index (κ1) is 12.5. The number of benzene rings is 2. The maximum Gasteiger partial charge on any atom is 0.262 e. The molecule has 0 aliphatic rings. The second kappa shape index (κ2) is 5.21. The van der Waals surface area contributed by atoms with E-state index in [1.165, 1.54) is 0 Å². The second-order valence-electron chi connectivity index (χ2n) is 4.66. The molecule has 20 heavy (non-hydrogen) atoms. The van der Waals surface area contributed by atoms with Gasteiger partial charge in [-0.15, -0.1) is 0 Å². The summed E-state index contributed by atoms with van der Waals surface area (Å²) in [6, 6.07) is 17.5. The molecule has 1 aromatic heterocycles. The van der Waals surface area contributed by atoms with Crippen molar-refractivity contribution < 1.29 is 4.74 Å². The lowest BCUT2D eigenvalue weighted by molar-refractivity contribution is 0.419. The van der Waals surface area contributed by atoms with Gasteiger partial charge in [0.1, 0.15) is 5.75 Å². The third-order valence-electron chi connectivity index (χ3n) is 3.38. The van der Waals surface area contributed by atoms with E-state index in [0.717, 1.165) is 10.9 Å². The molecule has 100 valence electrons. The lowest BCUT2D eigenvalue weighted by atomic mass is 10.1. The van der Waals surface area contributed by atoms with Crippen LogP contribution in [0.15, 0.2) is 65.6 Å². The van der Waals surface area contributed by atoms with Crippen LogP contribution in [-0.4, -0.2) is 11.7 Å². The van der Waals surface area contributed by atoms with Crippen LogP contribution in [0.25, 0.3) is 10.8 Å². The van der Waals surface area contributed by atoms with Crippen LogP contribution in [0.4, 0.5) is 0 Å². The molecule has 0 spiro atoms. The van der Waals surface area contributed by atoms with Crippen molar-refractivity contribution in [3.05, 3.63) is 76.7 Å². The monoisotopic (exact) mass is 265 g/mol. The third kappa shape index (κ3) is 2.18. The Labute approximate surface area is 117 Å².